The van der Waals surface area contributed by atoms with Gasteiger partial charge in [0.2, 0.25) is 0 Å². The Balaban J connectivity index is 2.40. The molecule has 1 aliphatic carbocycles. The first kappa shape index (κ1) is 9.85. The maximum absolute atomic E-state index is 10.9. The fourth-order valence-electron chi connectivity index (χ4n) is 1.15. The van der Waals surface area contributed by atoms with Crippen LogP contribution in [0.15, 0.2) is 11.6 Å². The van der Waals surface area contributed by atoms with E-state index in [-0.39, 0.29) is 5.78 Å². The Hall–Kier alpha value is -0.240. The summed E-state index contributed by atoms with van der Waals surface area (Å²) in [6.45, 7) is 0. The van der Waals surface area contributed by atoms with Crippen LogP contribution in [0.3, 0.4) is 0 Å². The summed E-state index contributed by atoms with van der Waals surface area (Å²) < 4.78 is 10.2. The van der Waals surface area contributed by atoms with Gasteiger partial charge in [-0.3, -0.25) is 4.79 Å². The summed E-state index contributed by atoms with van der Waals surface area (Å²) in [7, 11) is 2.46. The molecule has 0 spiro atoms. The topological polar surface area (TPSA) is 35.5 Å². The van der Waals surface area contributed by atoms with Crippen molar-refractivity contribution >= 4 is 14.2 Å². The van der Waals surface area contributed by atoms with Crippen LogP contribution in [0.4, 0.5) is 0 Å². The summed E-state index contributed by atoms with van der Waals surface area (Å²) in [4.78, 5) is 10.9. The molecule has 68 valence electrons. The normalized spacial score (nSPS) is 17.2. The van der Waals surface area contributed by atoms with Gasteiger partial charge in [-0.2, -0.15) is 0 Å². The minimum Gasteiger partial charge on any atom is -0.337 e. The van der Waals surface area contributed by atoms with Crippen molar-refractivity contribution in [3.63, 3.8) is 0 Å². The summed E-state index contributed by atoms with van der Waals surface area (Å²) in [5.74, 6) is 0.229. The first-order valence-electron chi connectivity index (χ1n) is 3.84. The Bertz CT molecular complexity index is 196. The van der Waals surface area contributed by atoms with Gasteiger partial charge in [0.25, 0.3) is 0 Å². The van der Waals surface area contributed by atoms with Crippen LogP contribution in [0.25, 0.3) is 0 Å². The number of allylic oxidation sites excluding steroid dienone is 2. The Morgan fingerprint density at radius 3 is 2.50 bits per heavy atom. The molecule has 0 aromatic carbocycles. The highest BCUT2D eigenvalue weighted by molar-refractivity contribution is 7.47. The van der Waals surface area contributed by atoms with E-state index in [0.29, 0.717) is 6.42 Å². The number of hydrogen-bond donors (Lipinski definition) is 0. The van der Waals surface area contributed by atoms with Gasteiger partial charge in [-0.25, -0.2) is 0 Å². The molecule has 0 bridgehead atoms. The number of carbonyl (C=O) groups is 1. The number of hydrogen-bond acceptors (Lipinski definition) is 3. The maximum atomic E-state index is 10.9. The van der Waals surface area contributed by atoms with Gasteiger partial charge in [-0.05, 0) is 12.5 Å². The lowest BCUT2D eigenvalue weighted by Gasteiger charge is -2.11. The van der Waals surface area contributed by atoms with Crippen LogP contribution in [-0.4, -0.2) is 26.2 Å². The van der Waals surface area contributed by atoms with Crippen LogP contribution in [-0.2, 0) is 13.8 Å². The lowest BCUT2D eigenvalue weighted by molar-refractivity contribution is -0.114. The molecule has 12 heavy (non-hydrogen) atoms. The predicted octanol–water partition coefficient (Wildman–Crippen LogP) is 1.88. The Morgan fingerprint density at radius 2 is 2.08 bits per heavy atom. The SMILES string of the molecule is COP(CC1=CC(=O)CC1)OC. The van der Waals surface area contributed by atoms with Gasteiger partial charge in [0, 0.05) is 26.8 Å². The highest BCUT2D eigenvalue weighted by atomic mass is 31.2. The zero-order chi connectivity index (χ0) is 8.97. The van der Waals surface area contributed by atoms with E-state index in [1.807, 2.05) is 0 Å². The molecule has 0 fully saturated rings. The molecular formula is C8H13O3P. The predicted molar refractivity (Wildman–Crippen MR) is 48.1 cm³/mol. The van der Waals surface area contributed by atoms with Gasteiger partial charge >= 0.3 is 0 Å². The van der Waals surface area contributed by atoms with Gasteiger partial charge < -0.3 is 9.05 Å². The largest absolute Gasteiger partial charge is 0.337 e. The van der Waals surface area contributed by atoms with E-state index in [0.717, 1.165) is 18.2 Å². The van der Waals surface area contributed by atoms with E-state index in [2.05, 4.69) is 0 Å². The van der Waals surface area contributed by atoms with Crippen LogP contribution in [0.1, 0.15) is 12.8 Å². The third-order valence-electron chi connectivity index (χ3n) is 1.80. The smallest absolute Gasteiger partial charge is 0.174 e. The molecule has 0 aromatic rings. The van der Waals surface area contributed by atoms with Crippen molar-refractivity contribution in [2.75, 3.05) is 20.4 Å². The van der Waals surface area contributed by atoms with Crippen LogP contribution < -0.4 is 0 Å². The van der Waals surface area contributed by atoms with E-state index in [1.165, 1.54) is 0 Å². The van der Waals surface area contributed by atoms with Crippen LogP contribution >= 0.6 is 8.38 Å². The summed E-state index contributed by atoms with van der Waals surface area (Å²) in [6.07, 6.45) is 4.03. The van der Waals surface area contributed by atoms with Crippen LogP contribution in [0, 0.1) is 0 Å². The van der Waals surface area contributed by atoms with Gasteiger partial charge in [0.05, 0.1) is 0 Å². The summed E-state index contributed by atoms with van der Waals surface area (Å²) in [5, 5.41) is 0. The Kier molecular flexibility index (Phi) is 3.86. The minimum atomic E-state index is -0.807. The number of ketones is 1. The highest BCUT2D eigenvalue weighted by Gasteiger charge is 2.16. The molecule has 0 amide bonds. The molecule has 4 heteroatoms. The zero-order valence-electron chi connectivity index (χ0n) is 7.37. The molecule has 0 aliphatic heterocycles. The summed E-state index contributed by atoms with van der Waals surface area (Å²) in [6, 6.07) is 0. The van der Waals surface area contributed by atoms with E-state index < -0.39 is 8.38 Å². The van der Waals surface area contributed by atoms with Crippen molar-refractivity contribution < 1.29 is 13.8 Å². The average molecular weight is 188 g/mol. The fraction of sp³-hybridized carbons (Fsp3) is 0.625. The van der Waals surface area contributed by atoms with Crippen molar-refractivity contribution in [3.05, 3.63) is 11.6 Å². The van der Waals surface area contributed by atoms with E-state index in [1.54, 1.807) is 20.3 Å². The van der Waals surface area contributed by atoms with Gasteiger partial charge in [-0.1, -0.05) is 5.57 Å². The average Bonchev–Trinajstić information content (AvgIpc) is 2.47. The molecule has 0 N–H and O–H groups in total. The molecule has 0 atom stereocenters. The lowest BCUT2D eigenvalue weighted by atomic mass is 10.3. The zero-order valence-corrected chi connectivity index (χ0v) is 8.27. The third-order valence-corrected chi connectivity index (χ3v) is 3.28. The Morgan fingerprint density at radius 1 is 1.42 bits per heavy atom. The number of rotatable bonds is 4. The second-order valence-electron chi connectivity index (χ2n) is 2.62. The van der Waals surface area contributed by atoms with Crippen molar-refractivity contribution in [2.24, 2.45) is 0 Å². The van der Waals surface area contributed by atoms with Crippen molar-refractivity contribution in [2.45, 2.75) is 12.8 Å². The minimum absolute atomic E-state index is 0.229. The molecule has 1 aliphatic rings. The first-order valence-corrected chi connectivity index (χ1v) is 5.20. The molecule has 3 nitrogen and oxygen atoms in total. The van der Waals surface area contributed by atoms with Crippen molar-refractivity contribution in [1.82, 2.24) is 0 Å². The molecule has 0 radical (unpaired) electrons. The second-order valence-corrected chi connectivity index (χ2v) is 4.34. The molecule has 0 unspecified atom stereocenters. The maximum Gasteiger partial charge on any atom is 0.174 e. The molecule has 0 aromatic heterocycles. The van der Waals surface area contributed by atoms with Crippen LogP contribution in [0.5, 0.6) is 0 Å². The second kappa shape index (κ2) is 4.70. The summed E-state index contributed by atoms with van der Waals surface area (Å²) >= 11 is 0. The lowest BCUT2D eigenvalue weighted by Crippen LogP contribution is -1.91. The third kappa shape index (κ3) is 2.67. The first-order chi connectivity index (χ1) is 5.76. The molecule has 0 saturated heterocycles. The van der Waals surface area contributed by atoms with Gasteiger partial charge in [0.15, 0.2) is 14.2 Å². The van der Waals surface area contributed by atoms with Crippen LogP contribution in [0.2, 0.25) is 0 Å². The van der Waals surface area contributed by atoms with Gasteiger partial charge in [-0.15, -0.1) is 0 Å². The molecular weight excluding hydrogens is 175 g/mol. The quantitative estimate of drug-likeness (QED) is 0.632. The summed E-state index contributed by atoms with van der Waals surface area (Å²) in [5.41, 5.74) is 1.16. The van der Waals surface area contributed by atoms with E-state index in [4.69, 9.17) is 9.05 Å². The molecule has 1 rings (SSSR count). The highest BCUT2D eigenvalue weighted by Crippen LogP contribution is 2.39. The molecule has 0 saturated carbocycles. The standard InChI is InChI=1S/C8H13O3P/c1-10-12(11-2)6-7-3-4-8(9)5-7/h5H,3-4,6H2,1-2H3. The number of carbonyl (C=O) groups excluding carboxylic acids is 1. The fourth-order valence-corrected chi connectivity index (χ4v) is 2.14. The Labute approximate surface area is 73.7 Å². The molecule has 0 heterocycles. The van der Waals surface area contributed by atoms with Crippen molar-refractivity contribution in [3.8, 4) is 0 Å². The van der Waals surface area contributed by atoms with E-state index in [9.17, 15) is 4.79 Å². The monoisotopic (exact) mass is 188 g/mol. The van der Waals surface area contributed by atoms with E-state index >= 15 is 0 Å². The van der Waals surface area contributed by atoms with Crippen molar-refractivity contribution in [1.29, 1.82) is 0 Å². The van der Waals surface area contributed by atoms with Gasteiger partial charge in [0.1, 0.15) is 0 Å².